The van der Waals surface area contributed by atoms with Crippen LogP contribution in [0.5, 0.6) is 5.75 Å². The van der Waals surface area contributed by atoms with Gasteiger partial charge in [0.15, 0.2) is 6.61 Å². The lowest BCUT2D eigenvalue weighted by molar-refractivity contribution is -0.139. The van der Waals surface area contributed by atoms with Crippen LogP contribution in [-0.4, -0.2) is 60.4 Å². The van der Waals surface area contributed by atoms with Gasteiger partial charge in [0, 0.05) is 44.3 Å². The van der Waals surface area contributed by atoms with Gasteiger partial charge in [0.25, 0.3) is 11.8 Å². The van der Waals surface area contributed by atoms with Crippen LogP contribution in [0.15, 0.2) is 109 Å². The van der Waals surface area contributed by atoms with Gasteiger partial charge in [-0.25, -0.2) is 0 Å². The van der Waals surface area contributed by atoms with Crippen LogP contribution in [0.4, 0.5) is 0 Å². The number of likely N-dealkylation sites (tertiary alicyclic amines) is 1. The molecular weight excluding hydrogens is 619 g/mol. The van der Waals surface area contributed by atoms with E-state index in [0.29, 0.717) is 24.4 Å². The average molecular weight is 664 g/mol. The minimum absolute atomic E-state index is 0. The molecule has 0 spiro atoms. The van der Waals surface area contributed by atoms with Crippen molar-refractivity contribution in [3.63, 3.8) is 0 Å². The standard InChI is InChI=1S/C37H42N4O3.2ClH/c1-28(30-13-10-14-31(25-30)34-17-8-9-18-35(34)37(43)39-22-21-38)41(36(42)27-44-33-15-6-3-7-16-33)32-19-23-40(24-20-32)26-29-11-4-2-5-12-29;;/h2-18,25,28,32H,19-24,26-27,38H2,1H3,(H,39,43);2*1H. The minimum Gasteiger partial charge on any atom is -0.484 e. The molecule has 1 heterocycles. The number of rotatable bonds is 12. The predicted octanol–water partition coefficient (Wildman–Crippen LogP) is 6.52. The average Bonchev–Trinajstić information content (AvgIpc) is 3.08. The molecule has 244 valence electrons. The molecule has 1 unspecified atom stereocenters. The summed E-state index contributed by atoms with van der Waals surface area (Å²) >= 11 is 0. The smallest absolute Gasteiger partial charge is 0.261 e. The van der Waals surface area contributed by atoms with Crippen molar-refractivity contribution in [1.29, 1.82) is 0 Å². The van der Waals surface area contributed by atoms with Gasteiger partial charge in [-0.2, -0.15) is 0 Å². The summed E-state index contributed by atoms with van der Waals surface area (Å²) in [6, 6.07) is 35.7. The summed E-state index contributed by atoms with van der Waals surface area (Å²) in [4.78, 5) is 31.3. The highest BCUT2D eigenvalue weighted by Gasteiger charge is 2.32. The van der Waals surface area contributed by atoms with Crippen LogP contribution in [0.2, 0.25) is 0 Å². The Morgan fingerprint density at radius 1 is 0.891 bits per heavy atom. The zero-order valence-corrected chi connectivity index (χ0v) is 27.8. The first-order valence-corrected chi connectivity index (χ1v) is 15.5. The number of ether oxygens (including phenoxy) is 1. The van der Waals surface area contributed by atoms with Crippen molar-refractivity contribution in [3.05, 3.63) is 126 Å². The molecule has 4 aromatic rings. The highest BCUT2D eigenvalue weighted by molar-refractivity contribution is 6.00. The molecule has 5 rings (SSSR count). The van der Waals surface area contributed by atoms with E-state index in [1.165, 1.54) is 5.56 Å². The largest absolute Gasteiger partial charge is 0.484 e. The SMILES string of the molecule is CC(c1cccc(-c2ccccc2C(=O)NCCN)c1)N(C(=O)COc1ccccc1)C1CCN(Cc2ccccc2)CC1.Cl.Cl. The molecule has 7 nitrogen and oxygen atoms in total. The summed E-state index contributed by atoms with van der Waals surface area (Å²) < 4.78 is 5.94. The number of piperidine rings is 1. The summed E-state index contributed by atoms with van der Waals surface area (Å²) in [6.45, 7) is 5.61. The van der Waals surface area contributed by atoms with Crippen LogP contribution in [0.3, 0.4) is 0 Å². The van der Waals surface area contributed by atoms with E-state index in [1.54, 1.807) is 0 Å². The summed E-state index contributed by atoms with van der Waals surface area (Å²) in [5.41, 5.74) is 10.3. The third-order valence-electron chi connectivity index (χ3n) is 8.29. The van der Waals surface area contributed by atoms with E-state index >= 15 is 0 Å². The molecule has 9 heteroatoms. The second-order valence-corrected chi connectivity index (χ2v) is 11.3. The lowest BCUT2D eigenvalue weighted by Crippen LogP contribution is -2.49. The molecule has 1 atom stereocenters. The quantitative estimate of drug-likeness (QED) is 0.180. The molecule has 1 saturated heterocycles. The van der Waals surface area contributed by atoms with E-state index in [2.05, 4.69) is 53.5 Å². The van der Waals surface area contributed by atoms with Crippen LogP contribution < -0.4 is 15.8 Å². The second-order valence-electron chi connectivity index (χ2n) is 11.3. The summed E-state index contributed by atoms with van der Waals surface area (Å²) in [5.74, 6) is 0.495. The number of para-hydroxylation sites is 1. The van der Waals surface area contributed by atoms with Crippen molar-refractivity contribution in [3.8, 4) is 16.9 Å². The topological polar surface area (TPSA) is 87.9 Å². The van der Waals surface area contributed by atoms with Crippen LogP contribution in [0, 0.1) is 0 Å². The molecule has 46 heavy (non-hydrogen) atoms. The molecule has 0 aliphatic carbocycles. The maximum atomic E-state index is 13.9. The van der Waals surface area contributed by atoms with E-state index in [1.807, 2.05) is 77.7 Å². The molecule has 2 amide bonds. The summed E-state index contributed by atoms with van der Waals surface area (Å²) in [7, 11) is 0. The Hall–Kier alpha value is -3.88. The molecule has 0 aromatic heterocycles. The van der Waals surface area contributed by atoms with Gasteiger partial charge < -0.3 is 20.7 Å². The van der Waals surface area contributed by atoms with Gasteiger partial charge in [-0.1, -0.05) is 84.9 Å². The fraction of sp³-hybridized carbons (Fsp3) is 0.297. The fourth-order valence-corrected chi connectivity index (χ4v) is 6.01. The van der Waals surface area contributed by atoms with Gasteiger partial charge in [0.1, 0.15) is 5.75 Å². The Kier molecular flexibility index (Phi) is 14.6. The number of hydrogen-bond donors (Lipinski definition) is 2. The lowest BCUT2D eigenvalue weighted by Gasteiger charge is -2.41. The number of amides is 2. The van der Waals surface area contributed by atoms with E-state index in [9.17, 15) is 9.59 Å². The number of halogens is 2. The normalized spacial score (nSPS) is 13.9. The Balaban J connectivity index is 0.00000288. The molecule has 0 saturated carbocycles. The van der Waals surface area contributed by atoms with Crippen LogP contribution in [0.25, 0.3) is 11.1 Å². The van der Waals surface area contributed by atoms with Crippen molar-refractivity contribution in [2.24, 2.45) is 5.73 Å². The third-order valence-corrected chi connectivity index (χ3v) is 8.29. The molecule has 1 fully saturated rings. The number of nitrogens with one attached hydrogen (secondary N) is 1. The van der Waals surface area contributed by atoms with Gasteiger partial charge in [-0.15, -0.1) is 24.8 Å². The Morgan fingerprint density at radius 3 is 2.24 bits per heavy atom. The Labute approximate surface area is 284 Å². The van der Waals surface area contributed by atoms with E-state index in [4.69, 9.17) is 10.5 Å². The fourth-order valence-electron chi connectivity index (χ4n) is 6.01. The summed E-state index contributed by atoms with van der Waals surface area (Å²) in [5, 5.41) is 2.88. The molecule has 1 aliphatic heterocycles. The predicted molar refractivity (Wildman–Crippen MR) is 190 cm³/mol. The van der Waals surface area contributed by atoms with E-state index in [-0.39, 0.29) is 55.3 Å². The van der Waals surface area contributed by atoms with Gasteiger partial charge >= 0.3 is 0 Å². The Bertz CT molecular complexity index is 1520. The summed E-state index contributed by atoms with van der Waals surface area (Å²) in [6.07, 6.45) is 1.77. The lowest BCUT2D eigenvalue weighted by atomic mass is 9.94. The van der Waals surface area contributed by atoms with E-state index < -0.39 is 0 Å². The Morgan fingerprint density at radius 2 is 1.54 bits per heavy atom. The van der Waals surface area contributed by atoms with Gasteiger partial charge in [0.2, 0.25) is 0 Å². The number of nitrogens with zero attached hydrogens (tertiary/aromatic N) is 2. The zero-order valence-electron chi connectivity index (χ0n) is 26.2. The molecule has 0 radical (unpaired) electrons. The van der Waals surface area contributed by atoms with Crippen LogP contribution >= 0.6 is 24.8 Å². The van der Waals surface area contributed by atoms with Gasteiger partial charge in [0.05, 0.1) is 6.04 Å². The van der Waals surface area contributed by atoms with Crippen molar-refractivity contribution < 1.29 is 14.3 Å². The minimum atomic E-state index is -0.189. The van der Waals surface area contributed by atoms with Crippen molar-refractivity contribution in [1.82, 2.24) is 15.1 Å². The van der Waals surface area contributed by atoms with Gasteiger partial charge in [-0.05, 0) is 66.3 Å². The first kappa shape index (κ1) is 36.6. The number of carbonyl (C=O) groups excluding carboxylic acids is 2. The monoisotopic (exact) mass is 662 g/mol. The van der Waals surface area contributed by atoms with Crippen molar-refractivity contribution >= 4 is 36.6 Å². The number of benzene rings is 4. The van der Waals surface area contributed by atoms with E-state index in [0.717, 1.165) is 49.2 Å². The number of carbonyl (C=O) groups is 2. The maximum Gasteiger partial charge on any atom is 0.261 e. The number of nitrogens with two attached hydrogens (primary N) is 1. The first-order chi connectivity index (χ1) is 21.5. The molecular formula is C37H44Cl2N4O3. The highest BCUT2D eigenvalue weighted by Crippen LogP contribution is 2.32. The molecule has 3 N–H and O–H groups in total. The van der Waals surface area contributed by atoms with Crippen LogP contribution in [0.1, 0.15) is 47.3 Å². The van der Waals surface area contributed by atoms with Gasteiger partial charge in [-0.3, -0.25) is 14.5 Å². The second kappa shape index (κ2) is 18.3. The maximum absolute atomic E-state index is 13.9. The molecule has 4 aromatic carbocycles. The molecule has 1 aliphatic rings. The highest BCUT2D eigenvalue weighted by atomic mass is 35.5. The first-order valence-electron chi connectivity index (χ1n) is 15.5. The number of hydrogen-bond acceptors (Lipinski definition) is 5. The molecule has 0 bridgehead atoms. The zero-order chi connectivity index (χ0) is 30.7. The van der Waals surface area contributed by atoms with Crippen molar-refractivity contribution in [2.75, 3.05) is 32.8 Å². The van der Waals surface area contributed by atoms with Crippen LogP contribution in [-0.2, 0) is 11.3 Å². The van der Waals surface area contributed by atoms with Crippen molar-refractivity contribution in [2.45, 2.75) is 38.4 Å². The third kappa shape index (κ3) is 9.56.